The molecule has 0 aliphatic rings. The van der Waals surface area contributed by atoms with E-state index in [1.807, 2.05) is 16.7 Å². The molecule has 0 saturated carbocycles. The normalized spacial score (nSPS) is 11.3. The van der Waals surface area contributed by atoms with E-state index in [-0.39, 0.29) is 0 Å². The van der Waals surface area contributed by atoms with Gasteiger partial charge in [0.05, 0.1) is 18.5 Å². The fraction of sp³-hybridized carbons (Fsp3) is 0.391. The van der Waals surface area contributed by atoms with Crippen molar-refractivity contribution < 1.29 is 4.74 Å². The highest BCUT2D eigenvalue weighted by molar-refractivity contribution is 7.71. The molecular formula is C23H31N5OS. The van der Waals surface area contributed by atoms with E-state index >= 15 is 0 Å². The lowest BCUT2D eigenvalue weighted by Gasteiger charge is -2.24. The fourth-order valence-electron chi connectivity index (χ4n) is 3.35. The molecule has 1 N–H and O–H groups in total. The molecule has 2 aromatic carbocycles. The quantitative estimate of drug-likeness (QED) is 0.529. The first kappa shape index (κ1) is 22.1. The Morgan fingerprint density at radius 2 is 1.87 bits per heavy atom. The van der Waals surface area contributed by atoms with Gasteiger partial charge in [-0.2, -0.15) is 5.10 Å². The maximum absolute atomic E-state index is 5.62. The average Bonchev–Trinajstić information content (AvgIpc) is 3.13. The third kappa shape index (κ3) is 4.74. The van der Waals surface area contributed by atoms with Crippen LogP contribution in [-0.4, -0.2) is 61.0 Å². The summed E-state index contributed by atoms with van der Waals surface area (Å²) in [5, 5.41) is 7.50. The van der Waals surface area contributed by atoms with Crippen molar-refractivity contribution in [3.63, 3.8) is 0 Å². The smallest absolute Gasteiger partial charge is 0.200 e. The van der Waals surface area contributed by atoms with E-state index in [9.17, 15) is 0 Å². The van der Waals surface area contributed by atoms with Crippen LogP contribution in [0.25, 0.3) is 17.1 Å². The van der Waals surface area contributed by atoms with Crippen molar-refractivity contribution in [2.45, 2.75) is 19.8 Å². The molecule has 0 fully saturated rings. The molecule has 0 saturated heterocycles. The molecule has 3 aromatic rings. The van der Waals surface area contributed by atoms with Gasteiger partial charge < -0.3 is 14.5 Å². The van der Waals surface area contributed by atoms with E-state index in [0.29, 0.717) is 10.7 Å². The second-order valence-electron chi connectivity index (χ2n) is 8.05. The Labute approximate surface area is 184 Å². The molecule has 0 bridgehead atoms. The van der Waals surface area contributed by atoms with Crippen molar-refractivity contribution in [3.05, 3.63) is 52.8 Å². The number of aromatic amines is 1. The van der Waals surface area contributed by atoms with Crippen molar-refractivity contribution in [3.8, 4) is 22.8 Å². The molecule has 3 rings (SSSR count). The number of rotatable bonds is 8. The number of hydrogen-bond acceptors (Lipinski definition) is 5. The van der Waals surface area contributed by atoms with E-state index < -0.39 is 0 Å². The maximum Gasteiger partial charge on any atom is 0.200 e. The van der Waals surface area contributed by atoms with E-state index in [0.717, 1.165) is 41.6 Å². The monoisotopic (exact) mass is 425 g/mol. The van der Waals surface area contributed by atoms with E-state index in [2.05, 4.69) is 85.3 Å². The highest BCUT2D eigenvalue weighted by Crippen LogP contribution is 2.32. The third-order valence-corrected chi connectivity index (χ3v) is 5.47. The van der Waals surface area contributed by atoms with Crippen molar-refractivity contribution >= 4 is 17.9 Å². The summed E-state index contributed by atoms with van der Waals surface area (Å²) in [5.74, 6) is 2.08. The zero-order chi connectivity index (χ0) is 21.8. The molecule has 0 spiro atoms. The number of ether oxygens (including phenoxy) is 1. The summed E-state index contributed by atoms with van der Waals surface area (Å²) in [6.07, 6.45) is 0. The summed E-state index contributed by atoms with van der Waals surface area (Å²) >= 11 is 5.59. The largest absolute Gasteiger partial charge is 0.495 e. The molecule has 6 nitrogen and oxygen atoms in total. The zero-order valence-electron chi connectivity index (χ0n) is 18.6. The van der Waals surface area contributed by atoms with Crippen molar-refractivity contribution in [1.82, 2.24) is 19.7 Å². The van der Waals surface area contributed by atoms with Gasteiger partial charge in [-0.05, 0) is 62.1 Å². The minimum atomic E-state index is 0.443. The van der Waals surface area contributed by atoms with Crippen LogP contribution in [0.5, 0.6) is 5.75 Å². The zero-order valence-corrected chi connectivity index (χ0v) is 19.5. The molecule has 0 aliphatic heterocycles. The van der Waals surface area contributed by atoms with Gasteiger partial charge in [0.25, 0.3) is 0 Å². The van der Waals surface area contributed by atoms with E-state index in [1.54, 1.807) is 7.11 Å². The number of methoxy groups -OCH3 is 1. The van der Waals surface area contributed by atoms with Crippen LogP contribution in [0.4, 0.5) is 5.69 Å². The summed E-state index contributed by atoms with van der Waals surface area (Å²) in [4.78, 5) is 4.36. The number of hydrogen-bond donors (Lipinski definition) is 1. The number of anilines is 1. The van der Waals surface area contributed by atoms with Crippen LogP contribution >= 0.6 is 12.2 Å². The fourth-order valence-corrected chi connectivity index (χ4v) is 3.59. The van der Waals surface area contributed by atoms with Crippen LogP contribution in [0.3, 0.4) is 0 Å². The van der Waals surface area contributed by atoms with Gasteiger partial charge in [-0.1, -0.05) is 32.0 Å². The Kier molecular flexibility index (Phi) is 6.95. The van der Waals surface area contributed by atoms with E-state index in [1.165, 1.54) is 5.56 Å². The summed E-state index contributed by atoms with van der Waals surface area (Å²) in [7, 11) is 7.92. The highest BCUT2D eigenvalue weighted by Gasteiger charge is 2.16. The van der Waals surface area contributed by atoms with Gasteiger partial charge >= 0.3 is 0 Å². The van der Waals surface area contributed by atoms with Crippen LogP contribution in [0.15, 0.2) is 42.5 Å². The Bertz CT molecular complexity index is 1050. The number of aromatic nitrogens is 3. The van der Waals surface area contributed by atoms with E-state index in [4.69, 9.17) is 17.0 Å². The maximum atomic E-state index is 5.62. The number of benzene rings is 2. The molecule has 0 aliphatic carbocycles. The summed E-state index contributed by atoms with van der Waals surface area (Å²) in [6, 6.07) is 14.6. The van der Waals surface area contributed by atoms with Gasteiger partial charge in [-0.15, -0.1) is 0 Å². The molecule has 0 amide bonds. The predicted octanol–water partition coefficient (Wildman–Crippen LogP) is 4.73. The molecular weight excluding hydrogens is 394 g/mol. The SMILES string of the molecule is COc1ccc(-n2c(-c3cccc(C(C)C)c3)n[nH]c2=S)cc1N(C)CCN(C)C. The lowest BCUT2D eigenvalue weighted by molar-refractivity contribution is 0.406. The van der Waals surface area contributed by atoms with Gasteiger partial charge in [0.2, 0.25) is 0 Å². The third-order valence-electron chi connectivity index (χ3n) is 5.20. The van der Waals surface area contributed by atoms with Gasteiger partial charge in [0, 0.05) is 25.7 Å². The van der Waals surface area contributed by atoms with Crippen LogP contribution in [-0.2, 0) is 0 Å². The molecule has 30 heavy (non-hydrogen) atoms. The van der Waals surface area contributed by atoms with Crippen LogP contribution in [0.2, 0.25) is 0 Å². The van der Waals surface area contributed by atoms with Crippen molar-refractivity contribution in [2.24, 2.45) is 0 Å². The van der Waals surface area contributed by atoms with Crippen LogP contribution < -0.4 is 9.64 Å². The second-order valence-corrected chi connectivity index (χ2v) is 8.44. The second kappa shape index (κ2) is 9.45. The molecule has 0 atom stereocenters. The van der Waals surface area contributed by atoms with Crippen LogP contribution in [0, 0.1) is 4.77 Å². The molecule has 7 heteroatoms. The Balaban J connectivity index is 2.07. The highest BCUT2D eigenvalue weighted by atomic mass is 32.1. The van der Waals surface area contributed by atoms with Crippen molar-refractivity contribution in [2.75, 3.05) is 46.2 Å². The molecule has 0 unspecified atom stereocenters. The summed E-state index contributed by atoms with van der Waals surface area (Å²) in [6.45, 7) is 6.21. The van der Waals surface area contributed by atoms with Gasteiger partial charge in [-0.25, -0.2) is 0 Å². The first-order chi connectivity index (χ1) is 14.3. The van der Waals surface area contributed by atoms with Crippen LogP contribution in [0.1, 0.15) is 25.3 Å². The average molecular weight is 426 g/mol. The van der Waals surface area contributed by atoms with Gasteiger partial charge in [-0.3, -0.25) is 9.67 Å². The number of H-pyrrole nitrogens is 1. The number of nitrogens with one attached hydrogen (secondary N) is 1. The Morgan fingerprint density at radius 1 is 1.10 bits per heavy atom. The lowest BCUT2D eigenvalue weighted by Crippen LogP contribution is -2.28. The topological polar surface area (TPSA) is 49.3 Å². The predicted molar refractivity (Wildman–Crippen MR) is 127 cm³/mol. The standard InChI is InChI=1S/C23H31N5OS/c1-16(2)17-8-7-9-18(14-17)22-24-25-23(30)28(22)19-10-11-21(29-6)20(15-19)27(5)13-12-26(3)4/h7-11,14-16H,12-13H2,1-6H3,(H,25,30). The van der Waals surface area contributed by atoms with Gasteiger partial charge in [0.1, 0.15) is 5.75 Å². The Morgan fingerprint density at radius 3 is 2.53 bits per heavy atom. The minimum Gasteiger partial charge on any atom is -0.495 e. The molecule has 0 radical (unpaired) electrons. The number of likely N-dealkylation sites (N-methyl/N-ethyl adjacent to an activating group) is 2. The summed E-state index contributed by atoms with van der Waals surface area (Å²) < 4.78 is 8.16. The lowest BCUT2D eigenvalue weighted by atomic mass is 10.0. The first-order valence-electron chi connectivity index (χ1n) is 10.1. The number of nitrogens with zero attached hydrogens (tertiary/aromatic N) is 4. The molecule has 1 heterocycles. The van der Waals surface area contributed by atoms with Crippen molar-refractivity contribution in [1.29, 1.82) is 0 Å². The summed E-state index contributed by atoms with van der Waals surface area (Å²) in [5.41, 5.74) is 4.27. The Hall–Kier alpha value is -2.64. The van der Waals surface area contributed by atoms with Gasteiger partial charge in [0.15, 0.2) is 10.6 Å². The molecule has 1 aromatic heterocycles. The minimum absolute atomic E-state index is 0.443. The molecule has 160 valence electrons. The first-order valence-corrected chi connectivity index (χ1v) is 10.5.